The van der Waals surface area contributed by atoms with Gasteiger partial charge in [0.1, 0.15) is 11.5 Å². The number of anilines is 1. The van der Waals surface area contributed by atoms with Crippen molar-refractivity contribution < 1.29 is 27.5 Å². The zero-order chi connectivity index (χ0) is 28.4. The highest BCUT2D eigenvalue weighted by Crippen LogP contribution is 2.46. The predicted octanol–water partition coefficient (Wildman–Crippen LogP) is 5.50. The highest BCUT2D eigenvalue weighted by atomic mass is 35.5. The molecule has 206 valence electrons. The number of hydrogen-bond acceptors (Lipinski definition) is 6. The van der Waals surface area contributed by atoms with Crippen molar-refractivity contribution in [3.63, 3.8) is 0 Å². The van der Waals surface area contributed by atoms with Crippen molar-refractivity contribution in [1.29, 1.82) is 0 Å². The van der Waals surface area contributed by atoms with Crippen molar-refractivity contribution in [2.45, 2.75) is 31.7 Å². The molecule has 5 rings (SSSR count). The van der Waals surface area contributed by atoms with Gasteiger partial charge in [-0.2, -0.15) is 0 Å². The lowest BCUT2D eigenvalue weighted by Gasteiger charge is -2.16. The first-order valence-corrected chi connectivity index (χ1v) is 14.6. The van der Waals surface area contributed by atoms with E-state index in [0.29, 0.717) is 48.1 Å². The first-order chi connectivity index (χ1) is 19.2. The van der Waals surface area contributed by atoms with Gasteiger partial charge in [-0.25, -0.2) is 13.1 Å². The summed E-state index contributed by atoms with van der Waals surface area (Å²) in [5.74, 6) is 0.315. The number of rotatable bonds is 9. The van der Waals surface area contributed by atoms with Gasteiger partial charge >= 0.3 is 0 Å². The molecule has 1 heterocycles. The molecule has 0 aliphatic carbocycles. The van der Waals surface area contributed by atoms with E-state index in [1.54, 1.807) is 35.2 Å². The number of carbonyl (C=O) groups excluding carboxylic acids is 2. The third-order valence-corrected chi connectivity index (χ3v) is 8.15. The third kappa shape index (κ3) is 5.22. The van der Waals surface area contributed by atoms with Crippen LogP contribution in [-0.4, -0.2) is 33.4 Å². The van der Waals surface area contributed by atoms with Crippen LogP contribution in [0.1, 0.15) is 35.3 Å². The van der Waals surface area contributed by atoms with Gasteiger partial charge in [0.05, 0.1) is 36.6 Å². The number of benzene rings is 4. The van der Waals surface area contributed by atoms with Gasteiger partial charge in [-0.15, -0.1) is 0 Å². The van der Waals surface area contributed by atoms with Gasteiger partial charge in [0.2, 0.25) is 5.91 Å². The predicted molar refractivity (Wildman–Crippen MR) is 154 cm³/mol. The molecule has 0 bridgehead atoms. The topological polar surface area (TPSA) is 102 Å². The van der Waals surface area contributed by atoms with Crippen LogP contribution < -0.4 is 19.1 Å². The molecule has 0 unspecified atom stereocenters. The number of ether oxygens (including phenoxy) is 2. The number of amides is 2. The number of hydrogen-bond donors (Lipinski definition) is 1. The first-order valence-electron chi connectivity index (χ1n) is 12.8. The minimum Gasteiger partial charge on any atom is -0.493 e. The van der Waals surface area contributed by atoms with Gasteiger partial charge in [-0.05, 0) is 49.7 Å². The van der Waals surface area contributed by atoms with Crippen LogP contribution in [0.3, 0.4) is 0 Å². The van der Waals surface area contributed by atoms with E-state index in [4.69, 9.17) is 21.1 Å². The Morgan fingerprint density at radius 2 is 1.57 bits per heavy atom. The molecule has 4 aromatic rings. The summed E-state index contributed by atoms with van der Waals surface area (Å²) in [4.78, 5) is 27.8. The van der Waals surface area contributed by atoms with Crippen molar-refractivity contribution in [3.05, 3.63) is 94.5 Å². The van der Waals surface area contributed by atoms with Gasteiger partial charge < -0.3 is 14.4 Å². The molecule has 0 aromatic heterocycles. The molecular weight excluding hydrogens is 552 g/mol. The molecule has 1 N–H and O–H groups in total. The number of halogens is 1. The Balaban J connectivity index is 1.38. The molecule has 0 fully saturated rings. The van der Waals surface area contributed by atoms with E-state index >= 15 is 0 Å². The molecule has 0 radical (unpaired) electrons. The van der Waals surface area contributed by atoms with Crippen LogP contribution in [0.15, 0.2) is 77.7 Å². The maximum atomic E-state index is 13.7. The van der Waals surface area contributed by atoms with Crippen molar-refractivity contribution >= 4 is 49.9 Å². The Morgan fingerprint density at radius 1 is 0.925 bits per heavy atom. The van der Waals surface area contributed by atoms with E-state index in [1.165, 1.54) is 18.2 Å². The number of carbonyl (C=O) groups is 2. The first kappa shape index (κ1) is 27.5. The fraction of sp³-hybridized carbons (Fsp3) is 0.200. The molecule has 0 atom stereocenters. The minimum atomic E-state index is -4.06. The zero-order valence-electron chi connectivity index (χ0n) is 21.9. The molecule has 4 aromatic carbocycles. The Labute approximate surface area is 237 Å². The summed E-state index contributed by atoms with van der Waals surface area (Å²) < 4.78 is 39.2. The van der Waals surface area contributed by atoms with Crippen LogP contribution in [0.2, 0.25) is 5.02 Å². The Bertz CT molecular complexity index is 1720. The second kappa shape index (κ2) is 11.2. The van der Waals surface area contributed by atoms with Gasteiger partial charge in [0.15, 0.2) is 0 Å². The van der Waals surface area contributed by atoms with Crippen molar-refractivity contribution in [1.82, 2.24) is 4.72 Å². The van der Waals surface area contributed by atoms with E-state index in [1.807, 2.05) is 38.1 Å². The lowest BCUT2D eigenvalue weighted by Crippen LogP contribution is -2.31. The summed E-state index contributed by atoms with van der Waals surface area (Å²) in [6.07, 6.45) is -0.164. The normalized spacial score (nSPS) is 12.9. The zero-order valence-corrected chi connectivity index (χ0v) is 23.5. The molecule has 0 saturated carbocycles. The Hall–Kier alpha value is -4.08. The minimum absolute atomic E-state index is 0.0960. The van der Waals surface area contributed by atoms with Crippen LogP contribution in [0.4, 0.5) is 5.69 Å². The number of nitrogens with zero attached hydrogens (tertiary/aromatic N) is 1. The van der Waals surface area contributed by atoms with Crippen molar-refractivity contribution in [2.24, 2.45) is 0 Å². The molecular formula is C30H27ClN2O6S. The average molecular weight is 579 g/mol. The van der Waals surface area contributed by atoms with Crippen molar-refractivity contribution in [3.8, 4) is 11.5 Å². The highest BCUT2D eigenvalue weighted by Gasteiger charge is 2.36. The largest absolute Gasteiger partial charge is 0.493 e. The van der Waals surface area contributed by atoms with Crippen molar-refractivity contribution in [2.75, 3.05) is 18.1 Å². The maximum absolute atomic E-state index is 13.7. The van der Waals surface area contributed by atoms with E-state index in [0.717, 1.165) is 16.3 Å². The fourth-order valence-corrected chi connectivity index (χ4v) is 6.12. The summed E-state index contributed by atoms with van der Waals surface area (Å²) in [5, 5.41) is 1.95. The Kier molecular flexibility index (Phi) is 7.69. The molecule has 8 nitrogen and oxygen atoms in total. The molecule has 0 spiro atoms. The molecule has 1 aliphatic rings. The molecule has 2 amide bonds. The number of nitrogens with one attached hydrogen (secondary N) is 1. The third-order valence-electron chi connectivity index (χ3n) is 6.54. The van der Waals surface area contributed by atoms with E-state index < -0.39 is 15.9 Å². The van der Waals surface area contributed by atoms with E-state index in [2.05, 4.69) is 4.72 Å². The second-order valence-electron chi connectivity index (χ2n) is 9.14. The second-order valence-corrected chi connectivity index (χ2v) is 11.3. The summed E-state index contributed by atoms with van der Waals surface area (Å²) in [7, 11) is -4.06. The summed E-state index contributed by atoms with van der Waals surface area (Å²) in [5.41, 5.74) is 2.47. The SMILES string of the molecule is CCOc1c2c(c(OCC)c3ccccc13)C(=O)N(c1ccc(CC(=O)NS(=O)(=O)c3cccc(Cl)c3)cc1)C2. The van der Waals surface area contributed by atoms with Gasteiger partial charge in [0.25, 0.3) is 15.9 Å². The van der Waals surface area contributed by atoms with Crippen LogP contribution >= 0.6 is 11.6 Å². The van der Waals surface area contributed by atoms with Crippen LogP contribution in [0.25, 0.3) is 10.8 Å². The van der Waals surface area contributed by atoms with Crippen LogP contribution in [-0.2, 0) is 27.8 Å². The average Bonchev–Trinajstić information content (AvgIpc) is 3.27. The lowest BCUT2D eigenvalue weighted by atomic mass is 9.99. The number of sulfonamides is 1. The standard InChI is InChI=1S/C30H27ClN2O6S/c1-3-38-28-23-10-5-6-11-24(23)29(39-4-2)27-25(28)18-33(30(27)35)21-14-12-19(13-15-21)16-26(34)32-40(36,37)22-9-7-8-20(31)17-22/h5-15,17H,3-4,16,18H2,1-2H3,(H,32,34). The van der Waals surface area contributed by atoms with Crippen LogP contribution in [0.5, 0.6) is 11.5 Å². The maximum Gasteiger partial charge on any atom is 0.264 e. The quantitative estimate of drug-likeness (QED) is 0.281. The summed E-state index contributed by atoms with van der Waals surface area (Å²) in [6.45, 7) is 4.93. The lowest BCUT2D eigenvalue weighted by molar-refractivity contribution is -0.118. The number of fused-ring (bicyclic) bond motifs is 2. The fourth-order valence-electron chi connectivity index (χ4n) is 4.84. The Morgan fingerprint density at radius 3 is 2.23 bits per heavy atom. The van der Waals surface area contributed by atoms with E-state index in [9.17, 15) is 18.0 Å². The highest BCUT2D eigenvalue weighted by molar-refractivity contribution is 7.90. The molecule has 1 aliphatic heterocycles. The summed E-state index contributed by atoms with van der Waals surface area (Å²) >= 11 is 5.88. The summed E-state index contributed by atoms with van der Waals surface area (Å²) in [6, 6.07) is 20.2. The smallest absolute Gasteiger partial charge is 0.264 e. The monoisotopic (exact) mass is 578 g/mol. The molecule has 10 heteroatoms. The van der Waals surface area contributed by atoms with Gasteiger partial charge in [-0.3, -0.25) is 9.59 Å². The molecule has 40 heavy (non-hydrogen) atoms. The van der Waals surface area contributed by atoms with Gasteiger partial charge in [-0.1, -0.05) is 54.1 Å². The van der Waals surface area contributed by atoms with Crippen LogP contribution in [0, 0.1) is 0 Å². The molecule has 0 saturated heterocycles. The van der Waals surface area contributed by atoms with E-state index in [-0.39, 0.29) is 22.2 Å². The van der Waals surface area contributed by atoms with Gasteiger partial charge in [0, 0.05) is 27.0 Å².